The van der Waals surface area contributed by atoms with Gasteiger partial charge < -0.3 is 10.2 Å². The molecule has 1 amide bonds. The first-order valence-corrected chi connectivity index (χ1v) is 13.3. The first kappa shape index (κ1) is 24.0. The molecule has 1 aromatic rings. The molecule has 1 atom stereocenters. The lowest BCUT2D eigenvalue weighted by atomic mass is 10.2. The fourth-order valence-electron chi connectivity index (χ4n) is 4.55. The van der Waals surface area contributed by atoms with Crippen LogP contribution < -0.4 is 10.2 Å². The Morgan fingerprint density at radius 3 is 2.61 bits per heavy atom. The number of nitrogens with one attached hydrogen (secondary N) is 1. The molecule has 2 aliphatic heterocycles. The van der Waals surface area contributed by atoms with Crippen molar-refractivity contribution in [2.24, 2.45) is 0 Å². The Balaban J connectivity index is 1.32. The maximum Gasteiger partial charge on any atom is 0.238 e. The fraction of sp³-hybridized carbons (Fsp3) is 0.696. The highest BCUT2D eigenvalue weighted by atomic mass is 32.2. The van der Waals surface area contributed by atoms with Crippen molar-refractivity contribution in [2.75, 3.05) is 56.5 Å². The smallest absolute Gasteiger partial charge is 0.238 e. The van der Waals surface area contributed by atoms with Gasteiger partial charge in [-0.1, -0.05) is 19.1 Å². The Kier molecular flexibility index (Phi) is 8.75. The van der Waals surface area contributed by atoms with E-state index in [1.807, 2.05) is 6.92 Å². The number of anilines is 1. The van der Waals surface area contributed by atoms with Crippen LogP contribution in [-0.2, 0) is 14.8 Å². The zero-order valence-corrected chi connectivity index (χ0v) is 19.9. The van der Waals surface area contributed by atoms with Crippen molar-refractivity contribution in [3.05, 3.63) is 29.8 Å². The number of aryl methyl sites for hydroxylation is 1. The molecule has 2 fully saturated rings. The third kappa shape index (κ3) is 6.67. The minimum Gasteiger partial charge on any atom is -0.369 e. The third-order valence-electron chi connectivity index (χ3n) is 6.27. The number of benzene rings is 1. The van der Waals surface area contributed by atoms with Gasteiger partial charge in [0.05, 0.1) is 5.75 Å². The summed E-state index contributed by atoms with van der Waals surface area (Å²) >= 11 is 0. The second kappa shape index (κ2) is 11.3. The van der Waals surface area contributed by atoms with Gasteiger partial charge >= 0.3 is 0 Å². The Morgan fingerprint density at radius 2 is 1.90 bits per heavy atom. The summed E-state index contributed by atoms with van der Waals surface area (Å²) < 4.78 is 26.1. The van der Waals surface area contributed by atoms with Crippen molar-refractivity contribution in [1.29, 1.82) is 0 Å². The van der Waals surface area contributed by atoms with Gasteiger partial charge in [0.1, 0.15) is 6.04 Å². The lowest BCUT2D eigenvalue weighted by molar-refractivity contribution is -0.124. The van der Waals surface area contributed by atoms with Crippen LogP contribution in [0.4, 0.5) is 5.69 Å². The molecule has 3 rings (SSSR count). The standard InChI is InChI=1S/C23H38N4O3S/c1-3-18-31(29,30)27-13-7-10-22(27)23(28)24-11-4-5-12-25-14-16-26(17-15-25)21-9-6-8-20(2)19-21/h6,8-9,19,22H,3-5,7,10-18H2,1-2H3,(H,24,28). The first-order chi connectivity index (χ1) is 14.9. The number of sulfonamides is 1. The van der Waals surface area contributed by atoms with Crippen molar-refractivity contribution >= 4 is 21.6 Å². The molecule has 174 valence electrons. The van der Waals surface area contributed by atoms with Crippen molar-refractivity contribution in [2.45, 2.75) is 52.0 Å². The van der Waals surface area contributed by atoms with Crippen LogP contribution in [0, 0.1) is 6.92 Å². The molecule has 1 N–H and O–H groups in total. The van der Waals surface area contributed by atoms with E-state index in [2.05, 4.69) is 46.3 Å². The summed E-state index contributed by atoms with van der Waals surface area (Å²) in [6, 6.07) is 8.16. The van der Waals surface area contributed by atoms with Crippen LogP contribution in [0.5, 0.6) is 0 Å². The fourth-order valence-corrected chi connectivity index (χ4v) is 6.30. The van der Waals surface area contributed by atoms with Gasteiger partial charge in [-0.3, -0.25) is 9.69 Å². The van der Waals surface area contributed by atoms with Gasteiger partial charge in [-0.2, -0.15) is 4.31 Å². The Labute approximate surface area is 187 Å². The Morgan fingerprint density at radius 1 is 1.13 bits per heavy atom. The number of unbranched alkanes of at least 4 members (excludes halogenated alkanes) is 1. The number of hydrogen-bond donors (Lipinski definition) is 1. The molecular formula is C23H38N4O3S. The zero-order valence-electron chi connectivity index (χ0n) is 19.1. The van der Waals surface area contributed by atoms with Crippen LogP contribution in [0.1, 0.15) is 44.6 Å². The number of nitrogens with zero attached hydrogens (tertiary/aromatic N) is 3. The molecule has 0 radical (unpaired) electrons. The van der Waals surface area contributed by atoms with Crippen LogP contribution >= 0.6 is 0 Å². The minimum atomic E-state index is -3.32. The maximum atomic E-state index is 12.5. The van der Waals surface area contributed by atoms with Gasteiger partial charge in [-0.25, -0.2) is 8.42 Å². The lowest BCUT2D eigenvalue weighted by Gasteiger charge is -2.36. The number of carbonyl (C=O) groups excluding carboxylic acids is 1. The molecule has 2 aliphatic rings. The summed E-state index contributed by atoms with van der Waals surface area (Å²) in [5.74, 6) is -0.0163. The molecule has 2 saturated heterocycles. The molecule has 0 spiro atoms. The van der Waals surface area contributed by atoms with E-state index in [-0.39, 0.29) is 11.7 Å². The lowest BCUT2D eigenvalue weighted by Crippen LogP contribution is -2.47. The summed E-state index contributed by atoms with van der Waals surface area (Å²) in [5, 5.41) is 2.97. The number of amides is 1. The van der Waals surface area contributed by atoms with Gasteiger partial charge in [-0.15, -0.1) is 0 Å². The zero-order chi connectivity index (χ0) is 22.3. The number of hydrogen-bond acceptors (Lipinski definition) is 5. The normalized spacial score (nSPS) is 20.8. The van der Waals surface area contributed by atoms with E-state index in [4.69, 9.17) is 0 Å². The maximum absolute atomic E-state index is 12.5. The molecule has 2 heterocycles. The second-order valence-electron chi connectivity index (χ2n) is 8.75. The van der Waals surface area contributed by atoms with Crippen molar-refractivity contribution < 1.29 is 13.2 Å². The minimum absolute atomic E-state index is 0.119. The van der Waals surface area contributed by atoms with Gasteiger partial charge in [-0.05, 0) is 63.3 Å². The van der Waals surface area contributed by atoms with E-state index < -0.39 is 16.1 Å². The highest BCUT2D eigenvalue weighted by Gasteiger charge is 2.37. The van der Waals surface area contributed by atoms with E-state index in [1.54, 1.807) is 0 Å². The molecule has 0 bridgehead atoms. The summed E-state index contributed by atoms with van der Waals surface area (Å²) in [5.41, 5.74) is 2.61. The van der Waals surface area contributed by atoms with Crippen LogP contribution in [0.25, 0.3) is 0 Å². The van der Waals surface area contributed by atoms with E-state index in [1.165, 1.54) is 15.6 Å². The molecule has 8 heteroatoms. The highest BCUT2D eigenvalue weighted by Crippen LogP contribution is 2.22. The molecule has 1 unspecified atom stereocenters. The van der Waals surface area contributed by atoms with E-state index >= 15 is 0 Å². The van der Waals surface area contributed by atoms with Crippen LogP contribution in [0.15, 0.2) is 24.3 Å². The summed E-state index contributed by atoms with van der Waals surface area (Å²) in [4.78, 5) is 17.5. The van der Waals surface area contributed by atoms with Crippen LogP contribution in [0.3, 0.4) is 0 Å². The predicted molar refractivity (Wildman–Crippen MR) is 126 cm³/mol. The van der Waals surface area contributed by atoms with Crippen molar-refractivity contribution in [3.8, 4) is 0 Å². The highest BCUT2D eigenvalue weighted by molar-refractivity contribution is 7.89. The average molecular weight is 451 g/mol. The van der Waals surface area contributed by atoms with Gasteiger partial charge in [0.25, 0.3) is 0 Å². The monoisotopic (exact) mass is 450 g/mol. The van der Waals surface area contributed by atoms with E-state index in [0.717, 1.165) is 52.0 Å². The Hall–Kier alpha value is -1.64. The van der Waals surface area contributed by atoms with Crippen LogP contribution in [0.2, 0.25) is 0 Å². The molecule has 0 aliphatic carbocycles. The molecular weight excluding hydrogens is 412 g/mol. The van der Waals surface area contributed by atoms with Crippen molar-refractivity contribution in [3.63, 3.8) is 0 Å². The third-order valence-corrected chi connectivity index (χ3v) is 8.34. The summed E-state index contributed by atoms with van der Waals surface area (Å²) in [7, 11) is -3.32. The van der Waals surface area contributed by atoms with Crippen LogP contribution in [-0.4, -0.2) is 81.1 Å². The molecule has 0 aromatic heterocycles. The summed E-state index contributed by atoms with van der Waals surface area (Å²) in [6.45, 7) is 10.3. The summed E-state index contributed by atoms with van der Waals surface area (Å²) in [6.07, 6.45) is 3.91. The number of carbonyl (C=O) groups is 1. The Bertz CT molecular complexity index is 822. The second-order valence-corrected chi connectivity index (χ2v) is 10.8. The van der Waals surface area contributed by atoms with Gasteiger partial charge in [0.2, 0.25) is 15.9 Å². The van der Waals surface area contributed by atoms with Gasteiger partial charge in [0, 0.05) is 45.0 Å². The largest absolute Gasteiger partial charge is 0.369 e. The molecule has 1 aromatic carbocycles. The topological polar surface area (TPSA) is 73.0 Å². The van der Waals surface area contributed by atoms with Crippen molar-refractivity contribution in [1.82, 2.24) is 14.5 Å². The molecule has 31 heavy (non-hydrogen) atoms. The van der Waals surface area contributed by atoms with E-state index in [0.29, 0.717) is 25.9 Å². The number of rotatable bonds is 10. The number of piperazine rings is 1. The molecule has 0 saturated carbocycles. The van der Waals surface area contributed by atoms with Gasteiger partial charge in [0.15, 0.2) is 0 Å². The van der Waals surface area contributed by atoms with E-state index in [9.17, 15) is 13.2 Å². The molecule has 7 nitrogen and oxygen atoms in total. The predicted octanol–water partition coefficient (Wildman–Crippen LogP) is 2.22. The SMILES string of the molecule is CCCS(=O)(=O)N1CCCC1C(=O)NCCCCN1CCN(c2cccc(C)c2)CC1. The first-order valence-electron chi connectivity index (χ1n) is 11.7. The average Bonchev–Trinajstić information content (AvgIpc) is 3.25. The quantitative estimate of drug-likeness (QED) is 0.554.